The van der Waals surface area contributed by atoms with Crippen LogP contribution in [0.3, 0.4) is 0 Å². The molecule has 4 atom stereocenters. The Hall–Kier alpha value is -2.52. The molecule has 2 aliphatic heterocycles. The molecule has 2 bridgehead atoms. The summed E-state index contributed by atoms with van der Waals surface area (Å²) >= 11 is 1.40. The fraction of sp³-hybridized carbons (Fsp3) is 0.633. The van der Waals surface area contributed by atoms with Crippen LogP contribution >= 0.6 is 11.3 Å². The summed E-state index contributed by atoms with van der Waals surface area (Å²) in [7, 11) is 0. The molecule has 7 nitrogen and oxygen atoms in total. The van der Waals surface area contributed by atoms with Crippen LogP contribution in [-0.4, -0.2) is 39.4 Å². The number of benzene rings is 1. The second kappa shape index (κ2) is 8.99. The van der Waals surface area contributed by atoms with Crippen LogP contribution in [0.2, 0.25) is 0 Å². The Kier molecular flexibility index (Phi) is 5.60. The third-order valence-electron chi connectivity index (χ3n) is 10.2. The van der Waals surface area contributed by atoms with Crippen LogP contribution < -0.4 is 4.90 Å². The number of carboxylic acids is 1. The van der Waals surface area contributed by atoms with Gasteiger partial charge in [-0.05, 0) is 81.8 Å². The van der Waals surface area contributed by atoms with Gasteiger partial charge in [0.05, 0.1) is 28.7 Å². The Bertz CT molecular complexity index is 1430. The molecule has 5 fully saturated rings. The Morgan fingerprint density at radius 3 is 2.64 bits per heavy atom. The minimum Gasteiger partial charge on any atom is -0.478 e. The van der Waals surface area contributed by atoms with Gasteiger partial charge in [-0.15, -0.1) is 0 Å². The number of anilines is 1. The number of rotatable bonds is 7. The number of ether oxygens (including phenoxy) is 1. The van der Waals surface area contributed by atoms with Crippen LogP contribution in [0, 0.1) is 11.2 Å². The number of carbonyl (C=O) groups is 1. The van der Waals surface area contributed by atoms with Gasteiger partial charge >= 0.3 is 5.97 Å². The maximum atomic E-state index is 14.6. The average Bonchev–Trinajstić information content (AvgIpc) is 3.80. The second-order valence-corrected chi connectivity index (χ2v) is 13.7. The van der Waals surface area contributed by atoms with Gasteiger partial charge in [0.1, 0.15) is 11.3 Å². The quantitative estimate of drug-likeness (QED) is 0.333. The van der Waals surface area contributed by atoms with Gasteiger partial charge < -0.3 is 19.3 Å². The van der Waals surface area contributed by atoms with Crippen molar-refractivity contribution < 1.29 is 23.6 Å². The topological polar surface area (TPSA) is 88.7 Å². The first-order valence-electron chi connectivity index (χ1n) is 14.7. The minimum absolute atomic E-state index is 0.0372. The van der Waals surface area contributed by atoms with Crippen LogP contribution in [0.25, 0.3) is 10.2 Å². The number of fused-ring (bicyclic) bond motifs is 3. The van der Waals surface area contributed by atoms with E-state index in [-0.39, 0.29) is 17.2 Å². The molecule has 0 amide bonds. The number of nitrogens with zero attached hydrogens (tertiary/aromatic N) is 3. The lowest BCUT2D eigenvalue weighted by atomic mass is 9.73. The average molecular weight is 552 g/mol. The predicted octanol–water partition coefficient (Wildman–Crippen LogP) is 7.15. The highest BCUT2D eigenvalue weighted by Gasteiger charge is 2.53. The van der Waals surface area contributed by atoms with Crippen LogP contribution in [0.1, 0.15) is 116 Å². The zero-order valence-corrected chi connectivity index (χ0v) is 22.9. The lowest BCUT2D eigenvalue weighted by molar-refractivity contribution is 0.0139. The number of hydrogen-bond acceptors (Lipinski definition) is 7. The molecular weight excluding hydrogens is 517 g/mol. The fourth-order valence-electron chi connectivity index (χ4n) is 7.90. The van der Waals surface area contributed by atoms with Crippen LogP contribution in [0.4, 0.5) is 9.52 Å². The number of halogens is 1. The van der Waals surface area contributed by atoms with Gasteiger partial charge in [-0.1, -0.05) is 29.3 Å². The molecule has 5 aliphatic rings. The highest BCUT2D eigenvalue weighted by molar-refractivity contribution is 7.22. The number of hydrogen-bond donors (Lipinski definition) is 1. The fourth-order valence-corrected chi connectivity index (χ4v) is 9.06. The highest BCUT2D eigenvalue weighted by atomic mass is 32.1. The molecule has 2 saturated heterocycles. The van der Waals surface area contributed by atoms with Crippen molar-refractivity contribution in [2.24, 2.45) is 5.41 Å². The Morgan fingerprint density at radius 1 is 1.13 bits per heavy atom. The van der Waals surface area contributed by atoms with Crippen molar-refractivity contribution in [1.82, 2.24) is 10.1 Å². The molecule has 3 unspecified atom stereocenters. The van der Waals surface area contributed by atoms with Crippen LogP contribution in [0.5, 0.6) is 0 Å². The lowest BCUT2D eigenvalue weighted by Crippen LogP contribution is -2.45. The summed E-state index contributed by atoms with van der Waals surface area (Å²) in [5, 5.41) is 14.8. The van der Waals surface area contributed by atoms with Crippen molar-refractivity contribution in [1.29, 1.82) is 0 Å². The molecule has 4 heterocycles. The van der Waals surface area contributed by atoms with E-state index < -0.39 is 11.8 Å². The summed E-state index contributed by atoms with van der Waals surface area (Å²) in [4.78, 5) is 18.4. The van der Waals surface area contributed by atoms with E-state index in [9.17, 15) is 14.3 Å². The SMILES string of the molecule is O=C(O)c1cc(F)c2nc(N3C4CC[C@H]3CC(OCc3c(C5CCCCC56CC6)noc3C3CC3)C4)sc2c1. The zero-order chi connectivity index (χ0) is 26.3. The second-order valence-electron chi connectivity index (χ2n) is 12.6. The molecule has 1 spiro atoms. The van der Waals surface area contributed by atoms with Gasteiger partial charge in [-0.25, -0.2) is 14.2 Å². The summed E-state index contributed by atoms with van der Waals surface area (Å²) in [6.07, 6.45) is 14.4. The number of carboxylic acid groups (broad SMARTS) is 1. The number of thiazole rings is 1. The van der Waals surface area contributed by atoms with E-state index in [0.717, 1.165) is 42.6 Å². The van der Waals surface area contributed by atoms with Crippen molar-refractivity contribution in [2.45, 2.75) is 114 Å². The largest absolute Gasteiger partial charge is 0.478 e. The molecule has 206 valence electrons. The lowest BCUT2D eigenvalue weighted by Gasteiger charge is -2.38. The highest BCUT2D eigenvalue weighted by Crippen LogP contribution is 2.63. The van der Waals surface area contributed by atoms with E-state index >= 15 is 0 Å². The first-order chi connectivity index (χ1) is 19.0. The molecule has 8 rings (SSSR count). The summed E-state index contributed by atoms with van der Waals surface area (Å²) in [6.45, 7) is 0.589. The van der Waals surface area contributed by atoms with Crippen LogP contribution in [-0.2, 0) is 11.3 Å². The van der Waals surface area contributed by atoms with Crippen molar-refractivity contribution in [3.05, 3.63) is 40.5 Å². The van der Waals surface area contributed by atoms with E-state index in [1.165, 1.54) is 80.0 Å². The molecule has 9 heteroatoms. The summed E-state index contributed by atoms with van der Waals surface area (Å²) in [5.74, 6) is 0.437. The Balaban J connectivity index is 1.00. The third kappa shape index (κ3) is 4.10. The maximum absolute atomic E-state index is 14.6. The van der Waals surface area contributed by atoms with Gasteiger partial charge in [0, 0.05) is 29.5 Å². The summed E-state index contributed by atoms with van der Waals surface area (Å²) < 4.78 is 27.9. The smallest absolute Gasteiger partial charge is 0.335 e. The van der Waals surface area contributed by atoms with Gasteiger partial charge in [0.2, 0.25) is 0 Å². The molecule has 1 aromatic carbocycles. The van der Waals surface area contributed by atoms with E-state index in [0.29, 0.717) is 40.6 Å². The maximum Gasteiger partial charge on any atom is 0.335 e. The van der Waals surface area contributed by atoms with Crippen LogP contribution in [0.15, 0.2) is 16.7 Å². The van der Waals surface area contributed by atoms with E-state index in [4.69, 9.17) is 14.4 Å². The van der Waals surface area contributed by atoms with Gasteiger partial charge in [0.15, 0.2) is 10.9 Å². The van der Waals surface area contributed by atoms with Crippen molar-refractivity contribution in [3.63, 3.8) is 0 Å². The summed E-state index contributed by atoms with van der Waals surface area (Å²) in [6, 6.07) is 3.20. The van der Waals surface area contributed by atoms with Crippen molar-refractivity contribution in [2.75, 3.05) is 4.90 Å². The first kappa shape index (κ1) is 24.3. The number of aromatic carboxylic acids is 1. The number of aromatic nitrogens is 2. The monoisotopic (exact) mass is 551 g/mol. The molecule has 2 aromatic heterocycles. The van der Waals surface area contributed by atoms with Crippen molar-refractivity contribution >= 4 is 32.7 Å². The van der Waals surface area contributed by atoms with E-state index in [2.05, 4.69) is 9.88 Å². The first-order valence-corrected chi connectivity index (χ1v) is 15.5. The Morgan fingerprint density at radius 2 is 1.92 bits per heavy atom. The molecule has 39 heavy (non-hydrogen) atoms. The summed E-state index contributed by atoms with van der Waals surface area (Å²) in [5.41, 5.74) is 3.15. The van der Waals surface area contributed by atoms with E-state index in [1.54, 1.807) is 0 Å². The Labute approximate surface area is 230 Å². The molecule has 0 radical (unpaired) electrons. The molecular formula is C30H34FN3O4S. The third-order valence-corrected chi connectivity index (χ3v) is 11.3. The molecule has 3 saturated carbocycles. The molecule has 1 N–H and O–H groups in total. The number of piperidine rings is 1. The van der Waals surface area contributed by atoms with Gasteiger partial charge in [-0.3, -0.25) is 0 Å². The van der Waals surface area contributed by atoms with Gasteiger partial charge in [-0.2, -0.15) is 0 Å². The van der Waals surface area contributed by atoms with E-state index in [1.807, 2.05) is 0 Å². The van der Waals surface area contributed by atoms with Gasteiger partial charge in [0.25, 0.3) is 0 Å². The zero-order valence-electron chi connectivity index (χ0n) is 22.0. The standard InChI is InChI=1S/C30H34FN3O4S/c31-23-11-17(28(35)36)12-24-26(23)32-29(39-24)34-18-6-7-19(34)14-20(13-18)37-15-21-25(33-38-27(21)16-4-5-16)22-3-1-2-8-30(22)9-10-30/h11-12,16,18-20,22H,1-10,13-15H2,(H,35,36)/t18-,19?,20?,22?/m0/s1. The predicted molar refractivity (Wildman–Crippen MR) is 145 cm³/mol. The molecule has 3 aliphatic carbocycles. The van der Waals surface area contributed by atoms with Crippen molar-refractivity contribution in [3.8, 4) is 0 Å². The normalized spacial score (nSPS) is 29.4. The minimum atomic E-state index is -1.12. The molecule has 3 aromatic rings.